The highest BCUT2D eigenvalue weighted by atomic mass is 16.1. The Hall–Kier alpha value is -4.56. The van der Waals surface area contributed by atoms with Crippen LogP contribution in [0, 0.1) is 5.92 Å². The van der Waals surface area contributed by atoms with Gasteiger partial charge in [-0.1, -0.05) is 42.5 Å². The molecular weight excluding hydrogens is 510 g/mol. The van der Waals surface area contributed by atoms with Crippen molar-refractivity contribution in [1.82, 2.24) is 29.7 Å². The molecule has 1 aliphatic carbocycles. The number of amides is 1. The number of nitrogen functional groups attached to an aromatic ring is 1. The second kappa shape index (κ2) is 11.5. The lowest BCUT2D eigenvalue weighted by Crippen LogP contribution is -2.38. The molecule has 1 fully saturated rings. The van der Waals surface area contributed by atoms with Gasteiger partial charge in [0.25, 0.3) is 0 Å². The van der Waals surface area contributed by atoms with E-state index in [0.29, 0.717) is 17.7 Å². The van der Waals surface area contributed by atoms with Gasteiger partial charge in [0, 0.05) is 43.0 Å². The SMILES string of the molecule is CNC(=O)C1CCC(N(C)Cc2ccc(-n3c(-c4cccnc4N)nc4ccc(-c5ccccc5)nc43)cc2)CC1. The lowest BCUT2D eigenvalue weighted by molar-refractivity contribution is -0.125. The van der Waals surface area contributed by atoms with Crippen molar-refractivity contribution in [2.24, 2.45) is 5.92 Å². The number of nitrogens with one attached hydrogen (secondary N) is 1. The molecule has 5 aromatic rings. The summed E-state index contributed by atoms with van der Waals surface area (Å²) in [7, 11) is 3.91. The standard InChI is InChI=1S/C33H35N7O/c1-35-33(41)24-12-16-25(17-13-24)39(2)21-22-10-14-26(15-11-22)40-31(27-9-6-20-36-30(27)34)38-29-19-18-28(37-32(29)40)23-7-4-3-5-8-23/h3-11,14-15,18-20,24-25H,12-13,16-17,21H2,1-2H3,(H2,34,36)(H,35,41). The highest BCUT2D eigenvalue weighted by Gasteiger charge is 2.27. The molecule has 0 atom stereocenters. The molecule has 3 aromatic heterocycles. The van der Waals surface area contributed by atoms with Gasteiger partial charge in [-0.15, -0.1) is 0 Å². The van der Waals surface area contributed by atoms with Crippen LogP contribution in [0.1, 0.15) is 31.2 Å². The van der Waals surface area contributed by atoms with E-state index in [-0.39, 0.29) is 11.8 Å². The van der Waals surface area contributed by atoms with Gasteiger partial charge in [-0.2, -0.15) is 0 Å². The Morgan fingerprint density at radius 2 is 1.71 bits per heavy atom. The van der Waals surface area contributed by atoms with Gasteiger partial charge >= 0.3 is 0 Å². The van der Waals surface area contributed by atoms with Gasteiger partial charge in [-0.25, -0.2) is 15.0 Å². The van der Waals surface area contributed by atoms with Crippen LogP contribution in [0.4, 0.5) is 5.82 Å². The predicted molar refractivity (Wildman–Crippen MR) is 163 cm³/mol. The van der Waals surface area contributed by atoms with E-state index in [1.165, 1.54) is 5.56 Å². The quantitative estimate of drug-likeness (QED) is 0.281. The lowest BCUT2D eigenvalue weighted by atomic mass is 9.85. The maximum absolute atomic E-state index is 12.0. The predicted octanol–water partition coefficient (Wildman–Crippen LogP) is 5.47. The van der Waals surface area contributed by atoms with E-state index in [0.717, 1.165) is 65.9 Å². The fourth-order valence-electron chi connectivity index (χ4n) is 5.91. The third kappa shape index (κ3) is 5.43. The number of nitrogens with two attached hydrogens (primary N) is 1. The van der Waals surface area contributed by atoms with Gasteiger partial charge in [0.1, 0.15) is 11.3 Å². The molecule has 0 aliphatic heterocycles. The molecule has 1 saturated carbocycles. The summed E-state index contributed by atoms with van der Waals surface area (Å²) < 4.78 is 2.07. The molecule has 3 N–H and O–H groups in total. The Morgan fingerprint density at radius 1 is 0.951 bits per heavy atom. The van der Waals surface area contributed by atoms with E-state index in [2.05, 4.69) is 63.2 Å². The highest BCUT2D eigenvalue weighted by molar-refractivity contribution is 5.84. The number of hydrogen-bond donors (Lipinski definition) is 2. The summed E-state index contributed by atoms with van der Waals surface area (Å²) in [6, 6.07) is 27.1. The summed E-state index contributed by atoms with van der Waals surface area (Å²) >= 11 is 0. The van der Waals surface area contributed by atoms with Crippen molar-refractivity contribution in [2.45, 2.75) is 38.3 Å². The number of nitrogens with zero attached hydrogens (tertiary/aromatic N) is 5. The first-order valence-corrected chi connectivity index (χ1v) is 14.2. The molecule has 0 radical (unpaired) electrons. The van der Waals surface area contributed by atoms with Crippen LogP contribution in [0.5, 0.6) is 0 Å². The van der Waals surface area contributed by atoms with Crippen LogP contribution >= 0.6 is 0 Å². The van der Waals surface area contributed by atoms with Crippen molar-refractivity contribution >= 4 is 22.9 Å². The molecule has 0 bridgehead atoms. The summed E-state index contributed by atoms with van der Waals surface area (Å²) in [4.78, 5) is 28.8. The van der Waals surface area contributed by atoms with Crippen LogP contribution in [0.2, 0.25) is 0 Å². The second-order valence-corrected chi connectivity index (χ2v) is 10.8. The number of pyridine rings is 2. The van der Waals surface area contributed by atoms with Crippen LogP contribution in [-0.4, -0.2) is 50.5 Å². The number of hydrogen-bond acceptors (Lipinski definition) is 6. The van der Waals surface area contributed by atoms with Crippen molar-refractivity contribution < 1.29 is 4.79 Å². The number of aromatic nitrogens is 4. The molecule has 1 amide bonds. The van der Waals surface area contributed by atoms with Crippen molar-refractivity contribution in [1.29, 1.82) is 0 Å². The molecule has 6 rings (SSSR count). The minimum Gasteiger partial charge on any atom is -0.383 e. The van der Waals surface area contributed by atoms with E-state index in [9.17, 15) is 4.79 Å². The minimum atomic E-state index is 0.146. The van der Waals surface area contributed by atoms with E-state index < -0.39 is 0 Å². The lowest BCUT2D eigenvalue weighted by Gasteiger charge is -2.34. The third-order valence-electron chi connectivity index (χ3n) is 8.22. The number of fused-ring (bicyclic) bond motifs is 1. The molecule has 208 valence electrons. The maximum atomic E-state index is 12.0. The number of benzene rings is 2. The van der Waals surface area contributed by atoms with Crippen LogP contribution in [0.25, 0.3) is 39.5 Å². The smallest absolute Gasteiger partial charge is 0.222 e. The Labute approximate surface area is 240 Å². The van der Waals surface area contributed by atoms with Crippen LogP contribution in [-0.2, 0) is 11.3 Å². The molecule has 0 spiro atoms. The van der Waals surface area contributed by atoms with Crippen LogP contribution in [0.3, 0.4) is 0 Å². The number of carbonyl (C=O) groups is 1. The molecular formula is C33H35N7O. The summed E-state index contributed by atoms with van der Waals surface area (Å²) in [6.45, 7) is 0.846. The van der Waals surface area contributed by atoms with E-state index >= 15 is 0 Å². The number of carbonyl (C=O) groups excluding carboxylic acids is 1. The average molecular weight is 546 g/mol. The zero-order valence-electron chi connectivity index (χ0n) is 23.5. The highest BCUT2D eigenvalue weighted by Crippen LogP contribution is 2.32. The third-order valence-corrected chi connectivity index (χ3v) is 8.22. The first-order chi connectivity index (χ1) is 20.0. The van der Waals surface area contributed by atoms with Crippen LogP contribution in [0.15, 0.2) is 85.1 Å². The van der Waals surface area contributed by atoms with E-state index in [1.807, 2.05) is 42.5 Å². The van der Waals surface area contributed by atoms with Crippen molar-refractivity contribution in [3.8, 4) is 28.3 Å². The van der Waals surface area contributed by atoms with Crippen molar-refractivity contribution in [3.05, 3.63) is 90.6 Å². The maximum Gasteiger partial charge on any atom is 0.222 e. The van der Waals surface area contributed by atoms with Gasteiger partial charge in [-0.3, -0.25) is 14.3 Å². The Bertz CT molecular complexity index is 1650. The zero-order valence-corrected chi connectivity index (χ0v) is 23.5. The van der Waals surface area contributed by atoms with Gasteiger partial charge in [-0.05, 0) is 74.7 Å². The molecule has 1 aliphatic rings. The molecule has 0 unspecified atom stereocenters. The Morgan fingerprint density at radius 3 is 2.41 bits per heavy atom. The Kier molecular flexibility index (Phi) is 7.48. The second-order valence-electron chi connectivity index (χ2n) is 10.8. The molecule has 2 aromatic carbocycles. The summed E-state index contributed by atoms with van der Waals surface area (Å²) in [5.41, 5.74) is 12.8. The normalized spacial score (nSPS) is 17.1. The first kappa shape index (κ1) is 26.7. The Balaban J connectivity index is 1.31. The number of rotatable bonds is 7. The van der Waals surface area contributed by atoms with Crippen LogP contribution < -0.4 is 11.1 Å². The fraction of sp³-hybridized carbons (Fsp3) is 0.273. The minimum absolute atomic E-state index is 0.146. The monoisotopic (exact) mass is 545 g/mol. The summed E-state index contributed by atoms with van der Waals surface area (Å²) in [6.07, 6.45) is 5.66. The summed E-state index contributed by atoms with van der Waals surface area (Å²) in [5.74, 6) is 1.46. The summed E-state index contributed by atoms with van der Waals surface area (Å²) in [5, 5.41) is 2.80. The largest absolute Gasteiger partial charge is 0.383 e. The van der Waals surface area contributed by atoms with E-state index in [1.54, 1.807) is 13.2 Å². The number of imidazole rings is 1. The topological polar surface area (TPSA) is 102 Å². The molecule has 8 heteroatoms. The van der Waals surface area contributed by atoms with Gasteiger partial charge in [0.2, 0.25) is 5.91 Å². The number of anilines is 1. The van der Waals surface area contributed by atoms with Gasteiger partial charge in [0.05, 0.1) is 11.3 Å². The van der Waals surface area contributed by atoms with E-state index in [4.69, 9.17) is 15.7 Å². The average Bonchev–Trinajstić information content (AvgIpc) is 3.40. The fourth-order valence-corrected chi connectivity index (χ4v) is 5.91. The van der Waals surface area contributed by atoms with Crippen molar-refractivity contribution in [2.75, 3.05) is 19.8 Å². The zero-order chi connectivity index (χ0) is 28.3. The van der Waals surface area contributed by atoms with Gasteiger partial charge in [0.15, 0.2) is 11.5 Å². The molecule has 41 heavy (non-hydrogen) atoms. The molecule has 3 heterocycles. The van der Waals surface area contributed by atoms with Gasteiger partial charge < -0.3 is 11.1 Å². The molecule has 0 saturated heterocycles. The first-order valence-electron chi connectivity index (χ1n) is 14.2. The van der Waals surface area contributed by atoms with Crippen molar-refractivity contribution in [3.63, 3.8) is 0 Å². The molecule has 8 nitrogen and oxygen atoms in total.